The number of hydrogen-bond acceptors (Lipinski definition) is 8. The molecule has 0 spiro atoms. The van der Waals surface area contributed by atoms with Gasteiger partial charge < -0.3 is 11.1 Å². The zero-order valence-electron chi connectivity index (χ0n) is 10.7. The lowest BCUT2D eigenvalue weighted by Gasteiger charge is -2.05. The molecule has 20 heavy (non-hydrogen) atoms. The van der Waals surface area contributed by atoms with Crippen molar-refractivity contribution in [3.05, 3.63) is 34.5 Å². The molecule has 3 rings (SSSR count). The molecule has 102 valence electrons. The maximum Gasteiger partial charge on any atom is 0.258 e. The van der Waals surface area contributed by atoms with Gasteiger partial charge in [0.25, 0.3) is 5.95 Å². The van der Waals surface area contributed by atoms with Crippen molar-refractivity contribution in [1.82, 2.24) is 29.7 Å². The van der Waals surface area contributed by atoms with E-state index >= 15 is 0 Å². The summed E-state index contributed by atoms with van der Waals surface area (Å²) in [6.45, 7) is 2.71. The van der Waals surface area contributed by atoms with Crippen LogP contribution in [-0.2, 0) is 6.54 Å². The summed E-state index contributed by atoms with van der Waals surface area (Å²) in [6.07, 6.45) is 2.91. The predicted octanol–water partition coefficient (Wildman–Crippen LogP) is 1.02. The summed E-state index contributed by atoms with van der Waals surface area (Å²) in [4.78, 5) is 18.6. The molecule has 9 heteroatoms. The first-order valence-electron chi connectivity index (χ1n) is 5.86. The average molecular weight is 288 g/mol. The van der Waals surface area contributed by atoms with E-state index in [0.717, 1.165) is 0 Å². The highest BCUT2D eigenvalue weighted by Crippen LogP contribution is 2.16. The first-order valence-corrected chi connectivity index (χ1v) is 6.68. The number of hydrogen-bond donors (Lipinski definition) is 2. The van der Waals surface area contributed by atoms with E-state index in [4.69, 9.17) is 5.73 Å². The van der Waals surface area contributed by atoms with E-state index in [1.54, 1.807) is 11.3 Å². The Kier molecular flexibility index (Phi) is 3.25. The van der Waals surface area contributed by atoms with E-state index in [-0.39, 0.29) is 5.95 Å². The number of nitrogens with zero attached hydrogens (tertiary/aromatic N) is 6. The lowest BCUT2D eigenvalue weighted by atomic mass is 10.4. The van der Waals surface area contributed by atoms with Crippen molar-refractivity contribution < 1.29 is 0 Å². The number of rotatable bonds is 4. The summed E-state index contributed by atoms with van der Waals surface area (Å²) in [7, 11) is 0. The Morgan fingerprint density at radius 2 is 2.20 bits per heavy atom. The van der Waals surface area contributed by atoms with Crippen LogP contribution >= 0.6 is 11.3 Å². The fourth-order valence-electron chi connectivity index (χ4n) is 1.62. The minimum Gasteiger partial charge on any atom is -0.368 e. The van der Waals surface area contributed by atoms with Crippen LogP contribution < -0.4 is 11.1 Å². The van der Waals surface area contributed by atoms with Crippen LogP contribution in [0.2, 0.25) is 0 Å². The van der Waals surface area contributed by atoms with E-state index in [9.17, 15) is 0 Å². The Balaban J connectivity index is 1.79. The summed E-state index contributed by atoms with van der Waals surface area (Å²) < 4.78 is 1.43. The first kappa shape index (κ1) is 12.5. The summed E-state index contributed by atoms with van der Waals surface area (Å²) in [6, 6.07) is 4.14. The van der Waals surface area contributed by atoms with Crippen LogP contribution in [0.25, 0.3) is 5.95 Å². The average Bonchev–Trinajstić information content (AvgIpc) is 3.07. The number of thiophene rings is 1. The third kappa shape index (κ3) is 2.72. The second-order valence-electron chi connectivity index (χ2n) is 4.02. The first-order chi connectivity index (χ1) is 9.70. The van der Waals surface area contributed by atoms with Crippen LogP contribution in [0, 0.1) is 6.92 Å². The van der Waals surface area contributed by atoms with Crippen molar-refractivity contribution in [2.75, 3.05) is 11.1 Å². The zero-order valence-corrected chi connectivity index (χ0v) is 11.5. The summed E-state index contributed by atoms with van der Waals surface area (Å²) >= 11 is 1.72. The van der Waals surface area contributed by atoms with Crippen LogP contribution in [0.5, 0.6) is 0 Å². The van der Waals surface area contributed by atoms with Crippen molar-refractivity contribution in [3.63, 3.8) is 0 Å². The second kappa shape index (κ2) is 5.21. The number of nitrogens with one attached hydrogen (secondary N) is 1. The molecule has 3 heterocycles. The topological polar surface area (TPSA) is 107 Å². The third-order valence-corrected chi connectivity index (χ3v) is 3.48. The third-order valence-electron chi connectivity index (χ3n) is 2.48. The van der Waals surface area contributed by atoms with E-state index in [0.29, 0.717) is 18.4 Å². The van der Waals surface area contributed by atoms with Gasteiger partial charge in [0, 0.05) is 9.75 Å². The molecule has 3 aromatic rings. The SMILES string of the molecule is Cc1ccc(CNc2nc(N)nc(-n3cncn3)n2)s1. The second-order valence-corrected chi connectivity index (χ2v) is 5.40. The Labute approximate surface area is 118 Å². The van der Waals surface area contributed by atoms with E-state index in [2.05, 4.69) is 49.4 Å². The molecule has 0 radical (unpaired) electrons. The largest absolute Gasteiger partial charge is 0.368 e. The smallest absolute Gasteiger partial charge is 0.258 e. The Morgan fingerprint density at radius 3 is 2.90 bits per heavy atom. The number of anilines is 2. The normalized spacial score (nSPS) is 10.7. The molecular formula is C11H12N8S. The van der Waals surface area contributed by atoms with E-state index in [1.807, 2.05) is 0 Å². The van der Waals surface area contributed by atoms with Crippen LogP contribution in [0.3, 0.4) is 0 Å². The molecule has 0 aliphatic carbocycles. The molecule has 0 aromatic carbocycles. The highest BCUT2D eigenvalue weighted by Gasteiger charge is 2.07. The van der Waals surface area contributed by atoms with E-state index < -0.39 is 0 Å². The van der Waals surface area contributed by atoms with Crippen LogP contribution in [0.1, 0.15) is 9.75 Å². The fraction of sp³-hybridized carbons (Fsp3) is 0.182. The predicted molar refractivity (Wildman–Crippen MR) is 75.5 cm³/mol. The van der Waals surface area contributed by atoms with Gasteiger partial charge in [-0.1, -0.05) is 0 Å². The maximum absolute atomic E-state index is 5.68. The minimum absolute atomic E-state index is 0.135. The van der Waals surface area contributed by atoms with Crippen molar-refractivity contribution in [3.8, 4) is 5.95 Å². The lowest BCUT2D eigenvalue weighted by Crippen LogP contribution is -2.11. The summed E-state index contributed by atoms with van der Waals surface area (Å²) in [5, 5.41) is 7.09. The van der Waals surface area contributed by atoms with Gasteiger partial charge >= 0.3 is 0 Å². The highest BCUT2D eigenvalue weighted by molar-refractivity contribution is 7.11. The van der Waals surface area contributed by atoms with Gasteiger partial charge in [0.05, 0.1) is 6.54 Å². The summed E-state index contributed by atoms with van der Waals surface area (Å²) in [5.74, 6) is 0.879. The number of nitrogens with two attached hydrogens (primary N) is 1. The van der Waals surface area contributed by atoms with Gasteiger partial charge in [0.15, 0.2) is 0 Å². The molecule has 3 aromatic heterocycles. The standard InChI is InChI=1S/C11H12N8S/c1-7-2-3-8(20-7)4-14-10-16-9(12)17-11(18-10)19-6-13-5-15-19/h2-3,5-6H,4H2,1H3,(H3,12,14,16,17,18). The van der Waals surface area contributed by atoms with Gasteiger partial charge in [-0.3, -0.25) is 0 Å². The minimum atomic E-state index is 0.135. The van der Waals surface area contributed by atoms with Gasteiger partial charge in [0.1, 0.15) is 12.7 Å². The molecule has 0 fully saturated rings. The van der Waals surface area contributed by atoms with Crippen molar-refractivity contribution >= 4 is 23.2 Å². The molecule has 0 amide bonds. The lowest BCUT2D eigenvalue weighted by molar-refractivity contribution is 0.797. The van der Waals surface area contributed by atoms with Crippen molar-refractivity contribution in [2.45, 2.75) is 13.5 Å². The van der Waals surface area contributed by atoms with Gasteiger partial charge in [-0.25, -0.2) is 4.98 Å². The van der Waals surface area contributed by atoms with Gasteiger partial charge in [-0.05, 0) is 19.1 Å². The molecular weight excluding hydrogens is 276 g/mol. The molecule has 0 atom stereocenters. The Hall–Kier alpha value is -2.55. The molecule has 0 bridgehead atoms. The summed E-state index contributed by atoms with van der Waals surface area (Å²) in [5.41, 5.74) is 5.68. The maximum atomic E-state index is 5.68. The van der Waals surface area contributed by atoms with Gasteiger partial charge in [-0.15, -0.1) is 11.3 Å². The molecule has 8 nitrogen and oxygen atoms in total. The van der Waals surface area contributed by atoms with Crippen LogP contribution in [-0.4, -0.2) is 29.7 Å². The Bertz CT molecular complexity index is 705. The number of aryl methyl sites for hydroxylation is 1. The molecule has 0 unspecified atom stereocenters. The number of nitrogen functional groups attached to an aromatic ring is 1. The van der Waals surface area contributed by atoms with Crippen molar-refractivity contribution in [2.24, 2.45) is 0 Å². The van der Waals surface area contributed by atoms with E-state index in [1.165, 1.54) is 27.1 Å². The quantitative estimate of drug-likeness (QED) is 0.737. The van der Waals surface area contributed by atoms with Gasteiger partial charge in [0.2, 0.25) is 11.9 Å². The molecule has 0 aliphatic heterocycles. The molecule has 0 saturated heterocycles. The molecule has 0 aliphatic rings. The highest BCUT2D eigenvalue weighted by atomic mass is 32.1. The zero-order chi connectivity index (χ0) is 13.9. The fourth-order valence-corrected chi connectivity index (χ4v) is 2.45. The van der Waals surface area contributed by atoms with Gasteiger partial charge in [-0.2, -0.15) is 24.7 Å². The monoisotopic (exact) mass is 288 g/mol. The van der Waals surface area contributed by atoms with Crippen LogP contribution in [0.4, 0.5) is 11.9 Å². The van der Waals surface area contributed by atoms with Crippen molar-refractivity contribution in [1.29, 1.82) is 0 Å². The molecule has 3 N–H and O–H groups in total. The number of aromatic nitrogens is 6. The van der Waals surface area contributed by atoms with Crippen LogP contribution in [0.15, 0.2) is 24.8 Å². The molecule has 0 saturated carbocycles. The Morgan fingerprint density at radius 1 is 1.30 bits per heavy atom.